The van der Waals surface area contributed by atoms with Gasteiger partial charge in [-0.3, -0.25) is 14.4 Å². The highest BCUT2D eigenvalue weighted by atomic mass is 16.2. The summed E-state index contributed by atoms with van der Waals surface area (Å²) < 4.78 is 0. The molecule has 7 nitrogen and oxygen atoms in total. The van der Waals surface area contributed by atoms with Gasteiger partial charge in [0.25, 0.3) is 5.91 Å². The molecule has 24 heavy (non-hydrogen) atoms. The smallest absolute Gasteiger partial charge is 0.253 e. The van der Waals surface area contributed by atoms with Crippen LogP contribution in [0.4, 0.5) is 5.69 Å². The lowest BCUT2D eigenvalue weighted by atomic mass is 9.96. The van der Waals surface area contributed by atoms with Gasteiger partial charge in [0.1, 0.15) is 0 Å². The van der Waals surface area contributed by atoms with Crippen LogP contribution in [-0.4, -0.2) is 37.4 Å². The number of benzene rings is 1. The Kier molecular flexibility index (Phi) is 7.38. The second-order valence-corrected chi connectivity index (χ2v) is 6.39. The summed E-state index contributed by atoms with van der Waals surface area (Å²) in [5.74, 6) is -0.683. The zero-order chi connectivity index (χ0) is 18.2. The van der Waals surface area contributed by atoms with Crippen LogP contribution in [0.2, 0.25) is 0 Å². The highest BCUT2D eigenvalue weighted by molar-refractivity contribution is 6.03. The van der Waals surface area contributed by atoms with Gasteiger partial charge in [-0.2, -0.15) is 0 Å². The van der Waals surface area contributed by atoms with Crippen LogP contribution in [0.3, 0.4) is 0 Å². The maximum atomic E-state index is 12.0. The van der Waals surface area contributed by atoms with E-state index in [4.69, 9.17) is 5.73 Å². The monoisotopic (exact) mass is 334 g/mol. The molecular formula is C17H26N4O3. The van der Waals surface area contributed by atoms with E-state index < -0.39 is 5.41 Å². The number of nitrogens with two attached hydrogens (primary N) is 1. The lowest BCUT2D eigenvalue weighted by Gasteiger charge is -2.17. The minimum absolute atomic E-state index is 0.114. The van der Waals surface area contributed by atoms with Crippen LogP contribution in [0.15, 0.2) is 24.3 Å². The van der Waals surface area contributed by atoms with Crippen molar-refractivity contribution in [3.05, 3.63) is 29.8 Å². The third-order valence-corrected chi connectivity index (χ3v) is 3.19. The molecule has 0 heterocycles. The molecule has 1 aromatic carbocycles. The number of carbonyl (C=O) groups excluding carboxylic acids is 3. The fraction of sp³-hybridized carbons (Fsp3) is 0.471. The first-order valence-electron chi connectivity index (χ1n) is 7.91. The lowest BCUT2D eigenvalue weighted by molar-refractivity contribution is -0.128. The molecule has 3 amide bonds. The third-order valence-electron chi connectivity index (χ3n) is 3.19. The van der Waals surface area contributed by atoms with Crippen molar-refractivity contribution >= 4 is 23.4 Å². The van der Waals surface area contributed by atoms with E-state index in [1.165, 1.54) is 0 Å². The SMILES string of the molecule is CC(C)(C)C(=O)NCCC(=O)Nc1ccccc1C(=O)NCCN. The fourth-order valence-electron chi connectivity index (χ4n) is 1.84. The van der Waals surface area contributed by atoms with E-state index in [0.29, 0.717) is 24.3 Å². The molecule has 0 aliphatic rings. The Bertz CT molecular complexity index is 594. The van der Waals surface area contributed by atoms with Crippen molar-refractivity contribution < 1.29 is 14.4 Å². The van der Waals surface area contributed by atoms with Gasteiger partial charge in [-0.1, -0.05) is 32.9 Å². The van der Waals surface area contributed by atoms with Gasteiger partial charge in [0.05, 0.1) is 11.3 Å². The first kappa shape index (κ1) is 19.6. The number of nitrogens with one attached hydrogen (secondary N) is 3. The third kappa shape index (κ3) is 6.37. The molecule has 0 unspecified atom stereocenters. The number of hydrogen-bond acceptors (Lipinski definition) is 4. The number of amides is 3. The maximum Gasteiger partial charge on any atom is 0.253 e. The van der Waals surface area contributed by atoms with Crippen LogP contribution in [0.25, 0.3) is 0 Å². The van der Waals surface area contributed by atoms with Gasteiger partial charge in [-0.25, -0.2) is 0 Å². The number of para-hydroxylation sites is 1. The Morgan fingerprint density at radius 2 is 1.71 bits per heavy atom. The predicted octanol–water partition coefficient (Wildman–Crippen LogP) is 0.866. The van der Waals surface area contributed by atoms with Crippen molar-refractivity contribution in [2.75, 3.05) is 25.0 Å². The molecule has 0 aromatic heterocycles. The maximum absolute atomic E-state index is 12.0. The summed E-state index contributed by atoms with van der Waals surface area (Å²) in [7, 11) is 0. The molecule has 0 fully saturated rings. The average Bonchev–Trinajstić information content (AvgIpc) is 2.52. The summed E-state index contributed by atoms with van der Waals surface area (Å²) in [5.41, 5.74) is 5.67. The molecule has 1 rings (SSSR count). The number of carbonyl (C=O) groups is 3. The Morgan fingerprint density at radius 1 is 1.04 bits per heavy atom. The second-order valence-electron chi connectivity index (χ2n) is 6.39. The largest absolute Gasteiger partial charge is 0.355 e. The molecule has 0 saturated heterocycles. The van der Waals surface area contributed by atoms with Crippen molar-refractivity contribution in [1.29, 1.82) is 0 Å². The van der Waals surface area contributed by atoms with Crippen LogP contribution >= 0.6 is 0 Å². The van der Waals surface area contributed by atoms with Crippen molar-refractivity contribution in [1.82, 2.24) is 10.6 Å². The van der Waals surface area contributed by atoms with E-state index in [-0.39, 0.29) is 30.7 Å². The molecule has 0 radical (unpaired) electrons. The van der Waals surface area contributed by atoms with Crippen molar-refractivity contribution in [2.45, 2.75) is 27.2 Å². The molecule has 0 bridgehead atoms. The van der Waals surface area contributed by atoms with Gasteiger partial charge in [-0.05, 0) is 12.1 Å². The van der Waals surface area contributed by atoms with Crippen LogP contribution in [-0.2, 0) is 9.59 Å². The van der Waals surface area contributed by atoms with Gasteiger partial charge in [-0.15, -0.1) is 0 Å². The molecule has 0 saturated carbocycles. The lowest BCUT2D eigenvalue weighted by Crippen LogP contribution is -2.36. The van der Waals surface area contributed by atoms with Gasteiger partial charge in [0, 0.05) is 31.5 Å². The highest BCUT2D eigenvalue weighted by Gasteiger charge is 2.20. The van der Waals surface area contributed by atoms with Gasteiger partial charge < -0.3 is 21.7 Å². The van der Waals surface area contributed by atoms with E-state index in [1.54, 1.807) is 45.0 Å². The van der Waals surface area contributed by atoms with Crippen molar-refractivity contribution in [3.8, 4) is 0 Å². The number of hydrogen-bond donors (Lipinski definition) is 4. The summed E-state index contributed by atoms with van der Waals surface area (Å²) in [6, 6.07) is 6.74. The minimum Gasteiger partial charge on any atom is -0.355 e. The van der Waals surface area contributed by atoms with Gasteiger partial charge in [0.2, 0.25) is 11.8 Å². The molecule has 0 aliphatic heterocycles. The van der Waals surface area contributed by atoms with Gasteiger partial charge >= 0.3 is 0 Å². The summed E-state index contributed by atoms with van der Waals surface area (Å²) in [6.07, 6.45) is 0.126. The molecule has 7 heteroatoms. The Labute approximate surface area is 142 Å². The van der Waals surface area contributed by atoms with E-state index in [9.17, 15) is 14.4 Å². The fourth-order valence-corrected chi connectivity index (χ4v) is 1.84. The van der Waals surface area contributed by atoms with Gasteiger partial charge in [0.15, 0.2) is 0 Å². The molecule has 0 spiro atoms. The zero-order valence-corrected chi connectivity index (χ0v) is 14.4. The Morgan fingerprint density at radius 3 is 2.33 bits per heavy atom. The predicted molar refractivity (Wildman–Crippen MR) is 93.5 cm³/mol. The van der Waals surface area contributed by atoms with Crippen LogP contribution in [0.1, 0.15) is 37.6 Å². The summed E-state index contributed by atoms with van der Waals surface area (Å²) in [5, 5.41) is 8.07. The van der Waals surface area contributed by atoms with Crippen LogP contribution < -0.4 is 21.7 Å². The van der Waals surface area contributed by atoms with Crippen LogP contribution in [0, 0.1) is 5.41 Å². The first-order chi connectivity index (χ1) is 11.3. The average molecular weight is 334 g/mol. The summed E-state index contributed by atoms with van der Waals surface area (Å²) in [4.78, 5) is 35.8. The van der Waals surface area contributed by atoms with E-state index in [1.807, 2.05) is 0 Å². The summed E-state index contributed by atoms with van der Waals surface area (Å²) >= 11 is 0. The normalized spacial score (nSPS) is 10.8. The molecular weight excluding hydrogens is 308 g/mol. The van der Waals surface area contributed by atoms with Crippen LogP contribution in [0.5, 0.6) is 0 Å². The Balaban J connectivity index is 2.58. The van der Waals surface area contributed by atoms with Crippen molar-refractivity contribution in [3.63, 3.8) is 0 Å². The van der Waals surface area contributed by atoms with E-state index in [0.717, 1.165) is 0 Å². The second kappa shape index (κ2) is 9.02. The molecule has 1 aromatic rings. The quantitative estimate of drug-likeness (QED) is 0.592. The van der Waals surface area contributed by atoms with E-state index >= 15 is 0 Å². The standard InChI is InChI=1S/C17H26N4O3/c1-17(2,3)16(24)20-10-8-14(22)21-13-7-5-4-6-12(13)15(23)19-11-9-18/h4-7H,8-11,18H2,1-3H3,(H,19,23)(H,20,24)(H,21,22). The molecule has 5 N–H and O–H groups in total. The number of rotatable bonds is 7. The molecule has 0 aliphatic carbocycles. The first-order valence-corrected chi connectivity index (χ1v) is 7.91. The van der Waals surface area contributed by atoms with Crippen molar-refractivity contribution in [2.24, 2.45) is 11.1 Å². The topological polar surface area (TPSA) is 113 Å². The van der Waals surface area contributed by atoms with E-state index in [2.05, 4.69) is 16.0 Å². The summed E-state index contributed by atoms with van der Waals surface area (Å²) in [6.45, 7) is 6.35. The molecule has 0 atom stereocenters. The number of anilines is 1. The molecule has 132 valence electrons. The minimum atomic E-state index is -0.496. The highest BCUT2D eigenvalue weighted by Crippen LogP contribution is 2.15. The zero-order valence-electron chi connectivity index (χ0n) is 14.4. The Hall–Kier alpha value is -2.41.